The minimum Gasteiger partial charge on any atom is -0.251 e. The molecule has 90 heavy (non-hydrogen) atoms. The summed E-state index contributed by atoms with van der Waals surface area (Å²) in [6.45, 7) is 49.9. The fourth-order valence-corrected chi connectivity index (χ4v) is 6.63. The summed E-state index contributed by atoms with van der Waals surface area (Å²) in [5.41, 5.74) is 13.0. The van der Waals surface area contributed by atoms with E-state index in [0.29, 0.717) is 0 Å². The van der Waals surface area contributed by atoms with Gasteiger partial charge in [-0.05, 0) is 67.9 Å². The molecule has 0 aromatic carbocycles. The number of hydrogen-bond acceptors (Lipinski definition) is 15. The minimum atomic E-state index is 0.792. The molecule has 10 aromatic heterocycles. The normalized spacial score (nSPS) is 8.56. The van der Waals surface area contributed by atoms with Crippen LogP contribution < -0.4 is 22.8 Å². The molecule has 0 aliphatic carbocycles. The van der Waals surface area contributed by atoms with Crippen molar-refractivity contribution in [3.8, 4) is 57.2 Å². The van der Waals surface area contributed by atoms with Crippen molar-refractivity contribution < 1.29 is 22.8 Å². The fourth-order valence-electron chi connectivity index (χ4n) is 6.63. The van der Waals surface area contributed by atoms with E-state index in [-0.39, 0.29) is 0 Å². The molecule has 0 radical (unpaired) electrons. The maximum absolute atomic E-state index is 4.28. The highest BCUT2D eigenvalue weighted by molar-refractivity contribution is 5.55. The smallest absolute Gasteiger partial charge is 0.251 e. The Kier molecular flexibility index (Phi) is 59.8. The third-order valence-corrected chi connectivity index (χ3v) is 10.3. The van der Waals surface area contributed by atoms with Crippen molar-refractivity contribution in [3.05, 3.63) is 183 Å². The van der Waals surface area contributed by atoms with Crippen LogP contribution in [0.4, 0.5) is 0 Å². The number of aryl methyl sites for hydroxylation is 10. The van der Waals surface area contributed by atoms with Gasteiger partial charge in [0.15, 0.2) is 23.8 Å². The summed E-state index contributed by atoms with van der Waals surface area (Å²) in [7, 11) is 9.76. The summed E-state index contributed by atoms with van der Waals surface area (Å²) in [6, 6.07) is 9.89. The Bertz CT molecular complexity index is 2560. The molecule has 20 heteroatoms. The van der Waals surface area contributed by atoms with Gasteiger partial charge in [0.1, 0.15) is 87.1 Å². The first kappa shape index (κ1) is 89.6. The maximum atomic E-state index is 4.28. The lowest BCUT2D eigenvalue weighted by Crippen LogP contribution is -2.32. The standard InChI is InChI=1S/C11H12N3.3C10H11N4.C9H10N5.10C2H6/c1-9-7-12-8-13-11(9)10-5-3-4-6-14(10)2;1-8-5-12-7-13-10(8)9-6-11-3-4-14(9)2;1-8-5-12-6-13-10(8)9-3-4-11-7-14(9)2;1-8-6-11-7-13-9(8)10-12-4-3-5-14(10)2;1-7-3-10-4-12-8(7)9-13-5-11-6-14(9)2;10*1-2/h3-8H,1-2H3;3*3-7H,1-2H3;3-6H,1-2H3;10*1-2H3/q5*+1;;;;;;;;;;. The van der Waals surface area contributed by atoms with E-state index in [0.717, 1.165) is 85.0 Å². The fraction of sp³-hybridized carbons (Fsp3) is 0.429. The SMILES string of the molecule is CC.CC.CC.CC.CC.CC.CC.CC.CC.CC.Cc1cncnc1-c1cccc[n+]1C.Cc1cncnc1-c1ccnc[n+]1C.Cc1cncnc1-c1cncc[n+]1C.Cc1cncnc1-c1nccc[n+]1C.Cc1cncnc1-c1ncnc[n+]1C. The summed E-state index contributed by atoms with van der Waals surface area (Å²) in [6.07, 6.45) is 34.6. The van der Waals surface area contributed by atoms with E-state index in [2.05, 4.69) is 85.4 Å². The summed E-state index contributed by atoms with van der Waals surface area (Å²) in [5, 5.41) is 0. The van der Waals surface area contributed by atoms with Crippen LogP contribution in [0, 0.1) is 34.6 Å². The van der Waals surface area contributed by atoms with Gasteiger partial charge in [-0.2, -0.15) is 9.13 Å². The Labute approximate surface area is 543 Å². The third-order valence-electron chi connectivity index (χ3n) is 10.3. The first-order valence-electron chi connectivity index (χ1n) is 31.8. The first-order chi connectivity index (χ1) is 43.9. The highest BCUT2D eigenvalue weighted by atomic mass is 15.1. The Morgan fingerprint density at radius 1 is 0.244 bits per heavy atom. The molecule has 0 saturated heterocycles. The van der Waals surface area contributed by atoms with Gasteiger partial charge in [-0.3, -0.25) is 4.98 Å². The zero-order valence-electron chi connectivity index (χ0n) is 60.9. The van der Waals surface area contributed by atoms with Gasteiger partial charge >= 0.3 is 5.82 Å². The molecule has 0 unspecified atom stereocenters. The quantitative estimate of drug-likeness (QED) is 0.147. The van der Waals surface area contributed by atoms with Crippen molar-refractivity contribution in [3.63, 3.8) is 0 Å². The van der Waals surface area contributed by atoms with Crippen molar-refractivity contribution in [1.29, 1.82) is 0 Å². The molecular weight excluding hydrogens is 1120 g/mol. The van der Waals surface area contributed by atoms with Crippen LogP contribution in [-0.4, -0.2) is 74.8 Å². The number of aromatic nitrogens is 20. The van der Waals surface area contributed by atoms with Crippen molar-refractivity contribution in [2.75, 3.05) is 0 Å². The number of hydrogen-bond donors (Lipinski definition) is 0. The second-order valence-corrected chi connectivity index (χ2v) is 15.6. The van der Waals surface area contributed by atoms with Crippen LogP contribution in [0.1, 0.15) is 166 Å². The van der Waals surface area contributed by atoms with Gasteiger partial charge in [0.25, 0.3) is 18.5 Å². The molecular formula is C70H115N20+5. The van der Waals surface area contributed by atoms with Crippen molar-refractivity contribution in [2.24, 2.45) is 35.2 Å². The van der Waals surface area contributed by atoms with E-state index < -0.39 is 0 Å². The van der Waals surface area contributed by atoms with Gasteiger partial charge in [-0.1, -0.05) is 153 Å². The van der Waals surface area contributed by atoms with Crippen molar-refractivity contribution in [2.45, 2.75) is 173 Å². The van der Waals surface area contributed by atoms with Gasteiger partial charge in [-0.25, -0.2) is 63.5 Å². The summed E-state index contributed by atoms with van der Waals surface area (Å²) >= 11 is 0. The Morgan fingerprint density at radius 2 is 0.589 bits per heavy atom. The van der Waals surface area contributed by atoms with E-state index in [9.17, 15) is 0 Å². The Morgan fingerprint density at radius 3 is 0.956 bits per heavy atom. The molecule has 0 N–H and O–H groups in total. The molecule has 20 nitrogen and oxygen atoms in total. The molecule has 0 atom stereocenters. The molecule has 10 heterocycles. The largest absolute Gasteiger partial charge is 0.348 e. The number of nitrogens with zero attached hydrogens (tertiary/aromatic N) is 20. The maximum Gasteiger partial charge on any atom is 0.348 e. The van der Waals surface area contributed by atoms with E-state index in [4.69, 9.17) is 0 Å². The average Bonchev–Trinajstić information content (AvgIpc) is 2.35. The monoisotopic (exact) mass is 1240 g/mol. The van der Waals surface area contributed by atoms with Crippen LogP contribution in [0.5, 0.6) is 0 Å². The highest BCUT2D eigenvalue weighted by Crippen LogP contribution is 2.17. The molecule has 490 valence electrons. The van der Waals surface area contributed by atoms with E-state index in [1.807, 2.05) is 282 Å². The average molecular weight is 1240 g/mol. The van der Waals surface area contributed by atoms with Crippen LogP contribution in [0.3, 0.4) is 0 Å². The molecule has 0 aliphatic rings. The predicted octanol–water partition coefficient (Wildman–Crippen LogP) is 13.6. The van der Waals surface area contributed by atoms with Crippen molar-refractivity contribution >= 4 is 0 Å². The zero-order chi connectivity index (χ0) is 69.8. The zero-order valence-corrected chi connectivity index (χ0v) is 60.9. The Balaban J connectivity index is -0.000000312. The number of pyridine rings is 1. The summed E-state index contributed by atoms with van der Waals surface area (Å²) in [5.74, 6) is 1.65. The summed E-state index contributed by atoms with van der Waals surface area (Å²) in [4.78, 5) is 61.4. The van der Waals surface area contributed by atoms with Gasteiger partial charge < -0.3 is 0 Å². The molecule has 0 fully saturated rings. The van der Waals surface area contributed by atoms with Crippen LogP contribution in [0.2, 0.25) is 0 Å². The molecule has 10 aromatic rings. The van der Waals surface area contributed by atoms with Gasteiger partial charge in [-0.15, -0.1) is 0 Å². The lowest BCUT2D eigenvalue weighted by molar-refractivity contribution is -0.666. The second-order valence-electron chi connectivity index (χ2n) is 15.6. The first-order valence-corrected chi connectivity index (χ1v) is 31.8. The topological polar surface area (TPSA) is 213 Å². The van der Waals surface area contributed by atoms with Gasteiger partial charge in [0, 0.05) is 60.8 Å². The van der Waals surface area contributed by atoms with Gasteiger partial charge in [0.2, 0.25) is 17.7 Å². The van der Waals surface area contributed by atoms with Crippen LogP contribution in [0.15, 0.2) is 155 Å². The number of rotatable bonds is 5. The molecule has 0 amide bonds. The molecule has 0 aliphatic heterocycles. The molecule has 0 saturated carbocycles. The highest BCUT2D eigenvalue weighted by Gasteiger charge is 2.17. The summed E-state index contributed by atoms with van der Waals surface area (Å²) < 4.78 is 9.75. The van der Waals surface area contributed by atoms with Crippen LogP contribution in [0.25, 0.3) is 57.2 Å². The minimum absolute atomic E-state index is 0.792. The Hall–Kier alpha value is -9.20. The second kappa shape index (κ2) is 60.1. The molecule has 0 bridgehead atoms. The van der Waals surface area contributed by atoms with Crippen LogP contribution in [-0.2, 0) is 35.2 Å². The predicted molar refractivity (Wildman–Crippen MR) is 369 cm³/mol. The van der Waals surface area contributed by atoms with E-state index >= 15 is 0 Å². The van der Waals surface area contributed by atoms with Crippen molar-refractivity contribution in [1.82, 2.24) is 74.8 Å². The third kappa shape index (κ3) is 32.7. The van der Waals surface area contributed by atoms with E-state index in [1.54, 1.807) is 75.0 Å². The lowest BCUT2D eigenvalue weighted by Gasteiger charge is -2.02. The molecule has 0 spiro atoms. The van der Waals surface area contributed by atoms with Crippen LogP contribution >= 0.6 is 0 Å². The van der Waals surface area contributed by atoms with E-state index in [1.165, 1.54) is 19.0 Å². The van der Waals surface area contributed by atoms with Gasteiger partial charge in [0.05, 0.1) is 33.5 Å². The lowest BCUT2D eigenvalue weighted by atomic mass is 10.2. The molecule has 10 rings (SSSR count).